The Bertz CT molecular complexity index is 1550. The molecule has 0 aliphatic carbocycles. The van der Waals surface area contributed by atoms with Crippen LogP contribution in [0.15, 0.2) is 60.8 Å². The predicted molar refractivity (Wildman–Crippen MR) is 154 cm³/mol. The molecule has 4 N–H and O–H groups in total. The van der Waals surface area contributed by atoms with E-state index in [1.165, 1.54) is 13.3 Å². The number of amides is 2. The number of phenolic OH excluding ortho intramolecular Hbond substituents is 1. The number of carbonyl (C=O) groups is 3. The first-order valence-corrected chi connectivity index (χ1v) is 13.1. The highest BCUT2D eigenvalue weighted by Gasteiger charge is 2.26. The molecule has 2 heterocycles. The summed E-state index contributed by atoms with van der Waals surface area (Å²) in [6.07, 6.45) is 3.09. The standard InChI is InChI=1S/C30H32N6O5/c1-18-25(19(2)35-30(34-18)32-14-7-9-20-8-6-11-22(37)16-20)27(38)36-24(29(40)41-3)17-33-28(39)26-23-12-5-4-10-21(23)13-15-31-26/h4-6,8,10-13,15-16,24,37H,7,9,14,17H2,1-3H3,(H,33,39)(H,36,38)(H,32,34,35)/t24-/m0/s1. The van der Waals surface area contributed by atoms with E-state index in [9.17, 15) is 19.5 Å². The van der Waals surface area contributed by atoms with Crippen LogP contribution >= 0.6 is 0 Å². The van der Waals surface area contributed by atoms with Gasteiger partial charge >= 0.3 is 5.97 Å². The number of nitrogens with zero attached hydrogens (tertiary/aromatic N) is 3. The summed E-state index contributed by atoms with van der Waals surface area (Å²) >= 11 is 0. The molecule has 0 saturated heterocycles. The second-order valence-corrected chi connectivity index (χ2v) is 9.43. The van der Waals surface area contributed by atoms with Crippen LogP contribution in [0.5, 0.6) is 5.75 Å². The molecule has 11 heteroatoms. The molecule has 0 unspecified atom stereocenters. The van der Waals surface area contributed by atoms with Gasteiger partial charge < -0.3 is 25.8 Å². The fourth-order valence-corrected chi connectivity index (χ4v) is 4.47. The first-order valence-electron chi connectivity index (χ1n) is 13.1. The van der Waals surface area contributed by atoms with Gasteiger partial charge in [-0.3, -0.25) is 14.6 Å². The van der Waals surface area contributed by atoms with Gasteiger partial charge in [-0.25, -0.2) is 14.8 Å². The van der Waals surface area contributed by atoms with Gasteiger partial charge in [-0.1, -0.05) is 36.4 Å². The van der Waals surface area contributed by atoms with Gasteiger partial charge in [0.05, 0.1) is 24.1 Å². The zero-order valence-electron chi connectivity index (χ0n) is 23.1. The average molecular weight is 557 g/mol. The second-order valence-electron chi connectivity index (χ2n) is 9.43. The highest BCUT2D eigenvalue weighted by atomic mass is 16.5. The minimum Gasteiger partial charge on any atom is -0.508 e. The van der Waals surface area contributed by atoms with E-state index in [4.69, 9.17) is 4.74 Å². The Balaban J connectivity index is 1.38. The number of esters is 1. The summed E-state index contributed by atoms with van der Waals surface area (Å²) in [5.41, 5.74) is 2.32. The van der Waals surface area contributed by atoms with E-state index in [1.54, 1.807) is 44.2 Å². The summed E-state index contributed by atoms with van der Waals surface area (Å²) < 4.78 is 4.85. The van der Waals surface area contributed by atoms with Gasteiger partial charge in [0.25, 0.3) is 11.8 Å². The van der Waals surface area contributed by atoms with Crippen molar-refractivity contribution in [2.75, 3.05) is 25.5 Å². The van der Waals surface area contributed by atoms with E-state index < -0.39 is 23.8 Å². The largest absolute Gasteiger partial charge is 0.508 e. The number of ether oxygens (including phenoxy) is 1. The van der Waals surface area contributed by atoms with Crippen LogP contribution in [0.3, 0.4) is 0 Å². The number of nitrogens with one attached hydrogen (secondary N) is 3. The minimum atomic E-state index is -1.15. The maximum Gasteiger partial charge on any atom is 0.330 e. The summed E-state index contributed by atoms with van der Waals surface area (Å²) in [6, 6.07) is 15.1. The van der Waals surface area contributed by atoms with Gasteiger partial charge in [0, 0.05) is 24.7 Å². The smallest absolute Gasteiger partial charge is 0.330 e. The topological polar surface area (TPSA) is 155 Å². The lowest BCUT2D eigenvalue weighted by atomic mass is 10.1. The Hall–Kier alpha value is -5.06. The summed E-state index contributed by atoms with van der Waals surface area (Å²) in [7, 11) is 1.20. The number of aryl methyl sites for hydroxylation is 3. The monoisotopic (exact) mass is 556 g/mol. The predicted octanol–water partition coefficient (Wildman–Crippen LogP) is 3.09. The van der Waals surface area contributed by atoms with E-state index in [-0.39, 0.29) is 23.6 Å². The number of hydrogen-bond donors (Lipinski definition) is 4. The highest BCUT2D eigenvalue weighted by molar-refractivity contribution is 6.05. The number of methoxy groups -OCH3 is 1. The zero-order chi connectivity index (χ0) is 29.4. The van der Waals surface area contributed by atoms with Crippen molar-refractivity contribution in [3.63, 3.8) is 0 Å². The Kier molecular flexibility index (Phi) is 9.41. The fourth-order valence-electron chi connectivity index (χ4n) is 4.47. The third kappa shape index (κ3) is 7.33. The molecule has 11 nitrogen and oxygen atoms in total. The van der Waals surface area contributed by atoms with E-state index in [0.717, 1.165) is 23.8 Å². The van der Waals surface area contributed by atoms with Crippen LogP contribution in [0, 0.1) is 13.8 Å². The SMILES string of the molecule is COC(=O)[C@H](CNC(=O)c1nccc2ccccc12)NC(=O)c1c(C)nc(NCCCc2cccc(O)c2)nc1C. The maximum absolute atomic E-state index is 13.2. The molecular formula is C30H32N6O5. The van der Waals surface area contributed by atoms with Crippen LogP contribution in [0.25, 0.3) is 10.8 Å². The van der Waals surface area contributed by atoms with Gasteiger partial charge in [0.2, 0.25) is 5.95 Å². The number of fused-ring (bicyclic) bond motifs is 1. The minimum absolute atomic E-state index is 0.208. The number of aromatic hydroxyl groups is 1. The molecule has 0 fully saturated rings. The molecule has 1 atom stereocenters. The van der Waals surface area contributed by atoms with E-state index in [1.807, 2.05) is 24.3 Å². The molecular weight excluding hydrogens is 524 g/mol. The maximum atomic E-state index is 13.2. The molecule has 0 aliphatic heterocycles. The van der Waals surface area contributed by atoms with Crippen LogP contribution in [0.4, 0.5) is 5.95 Å². The molecule has 41 heavy (non-hydrogen) atoms. The summed E-state index contributed by atoms with van der Waals surface area (Å²) in [5, 5.41) is 19.6. The quantitative estimate of drug-likeness (QED) is 0.161. The number of benzene rings is 2. The number of hydrogen-bond acceptors (Lipinski definition) is 9. The Morgan fingerprint density at radius 3 is 2.46 bits per heavy atom. The average Bonchev–Trinajstić information content (AvgIpc) is 2.96. The molecule has 4 aromatic rings. The number of aromatic nitrogens is 3. The molecule has 0 radical (unpaired) electrons. The van der Waals surface area contributed by atoms with Crippen molar-refractivity contribution in [1.29, 1.82) is 0 Å². The van der Waals surface area contributed by atoms with Crippen molar-refractivity contribution in [3.05, 3.63) is 89.0 Å². The van der Waals surface area contributed by atoms with Crippen LogP contribution < -0.4 is 16.0 Å². The van der Waals surface area contributed by atoms with Gasteiger partial charge in [-0.2, -0.15) is 0 Å². The van der Waals surface area contributed by atoms with Crippen molar-refractivity contribution in [2.24, 2.45) is 0 Å². The summed E-state index contributed by atoms with van der Waals surface area (Å²) in [6.45, 7) is 3.75. The Morgan fingerprint density at radius 1 is 0.976 bits per heavy atom. The first kappa shape index (κ1) is 28.9. The highest BCUT2D eigenvalue weighted by Crippen LogP contribution is 2.17. The normalized spacial score (nSPS) is 11.5. The van der Waals surface area contributed by atoms with Gasteiger partial charge in [0.15, 0.2) is 0 Å². The third-order valence-corrected chi connectivity index (χ3v) is 6.48. The number of pyridine rings is 1. The lowest BCUT2D eigenvalue weighted by molar-refractivity contribution is -0.142. The Morgan fingerprint density at radius 2 is 1.73 bits per heavy atom. The fraction of sp³-hybridized carbons (Fsp3) is 0.267. The number of carbonyl (C=O) groups excluding carboxylic acids is 3. The van der Waals surface area contributed by atoms with Crippen LogP contribution in [0.2, 0.25) is 0 Å². The van der Waals surface area contributed by atoms with E-state index in [0.29, 0.717) is 29.3 Å². The molecule has 212 valence electrons. The number of rotatable bonds is 11. The molecule has 2 aromatic heterocycles. The van der Waals surface area contributed by atoms with Crippen molar-refractivity contribution in [2.45, 2.75) is 32.7 Å². The van der Waals surface area contributed by atoms with Crippen molar-refractivity contribution < 1.29 is 24.2 Å². The summed E-state index contributed by atoms with van der Waals surface area (Å²) in [4.78, 5) is 51.6. The zero-order valence-corrected chi connectivity index (χ0v) is 23.1. The molecule has 0 spiro atoms. The van der Waals surface area contributed by atoms with Gasteiger partial charge in [-0.15, -0.1) is 0 Å². The number of anilines is 1. The second kappa shape index (κ2) is 13.3. The summed E-state index contributed by atoms with van der Waals surface area (Å²) in [5.74, 6) is -1.15. The van der Waals surface area contributed by atoms with Crippen LogP contribution in [-0.2, 0) is 16.0 Å². The van der Waals surface area contributed by atoms with Crippen molar-refractivity contribution >= 4 is 34.5 Å². The Labute approximate surface area is 237 Å². The van der Waals surface area contributed by atoms with Crippen LogP contribution in [-0.4, -0.2) is 64.1 Å². The third-order valence-electron chi connectivity index (χ3n) is 6.48. The number of phenols is 1. The van der Waals surface area contributed by atoms with Gasteiger partial charge in [0.1, 0.15) is 17.5 Å². The van der Waals surface area contributed by atoms with E-state index in [2.05, 4.69) is 30.9 Å². The molecule has 2 amide bonds. The van der Waals surface area contributed by atoms with Crippen LogP contribution in [0.1, 0.15) is 44.2 Å². The molecule has 0 bridgehead atoms. The van der Waals surface area contributed by atoms with Crippen molar-refractivity contribution in [3.8, 4) is 5.75 Å². The lowest BCUT2D eigenvalue weighted by Gasteiger charge is -2.19. The van der Waals surface area contributed by atoms with Gasteiger partial charge in [-0.05, 0) is 55.8 Å². The van der Waals surface area contributed by atoms with E-state index >= 15 is 0 Å². The van der Waals surface area contributed by atoms with Crippen molar-refractivity contribution in [1.82, 2.24) is 25.6 Å². The molecule has 0 saturated carbocycles. The molecule has 2 aromatic carbocycles. The molecule has 4 rings (SSSR count). The lowest BCUT2D eigenvalue weighted by Crippen LogP contribution is -2.49. The first-order chi connectivity index (χ1) is 19.8. The molecule has 0 aliphatic rings.